The molecule has 0 bridgehead atoms. The van der Waals surface area contributed by atoms with E-state index in [4.69, 9.17) is 16.7 Å². The van der Waals surface area contributed by atoms with E-state index in [2.05, 4.69) is 4.90 Å². The van der Waals surface area contributed by atoms with Crippen LogP contribution >= 0.6 is 11.6 Å². The molecule has 0 heterocycles. The molecule has 1 fully saturated rings. The summed E-state index contributed by atoms with van der Waals surface area (Å²) in [6.45, 7) is 1.23. The molecular formula is C13H17ClFNO. The van der Waals surface area contributed by atoms with Crippen LogP contribution in [0.3, 0.4) is 0 Å². The first-order chi connectivity index (χ1) is 8.20. The molecule has 0 spiro atoms. The number of hydrogen-bond acceptors (Lipinski definition) is 2. The van der Waals surface area contributed by atoms with E-state index in [1.165, 1.54) is 12.5 Å². The minimum absolute atomic E-state index is 0.110. The molecule has 1 aromatic carbocycles. The number of halogens is 2. The molecule has 1 aliphatic rings. The molecule has 1 aliphatic carbocycles. The van der Waals surface area contributed by atoms with Crippen molar-refractivity contribution < 1.29 is 9.50 Å². The Kier molecular flexibility index (Phi) is 4.37. The molecule has 2 rings (SSSR count). The molecular weight excluding hydrogens is 241 g/mol. The molecule has 17 heavy (non-hydrogen) atoms. The molecule has 4 heteroatoms. The third kappa shape index (κ3) is 3.18. The van der Waals surface area contributed by atoms with E-state index in [0.717, 1.165) is 12.8 Å². The Morgan fingerprint density at radius 2 is 2.18 bits per heavy atom. The zero-order chi connectivity index (χ0) is 12.3. The number of rotatable bonds is 5. The summed E-state index contributed by atoms with van der Waals surface area (Å²) in [5, 5.41) is 9.60. The Bertz CT molecular complexity index is 382. The van der Waals surface area contributed by atoms with Crippen LogP contribution in [0.1, 0.15) is 24.8 Å². The first-order valence-electron chi connectivity index (χ1n) is 5.99. The Morgan fingerprint density at radius 3 is 2.76 bits per heavy atom. The number of aliphatic hydroxyl groups is 1. The van der Waals surface area contributed by atoms with Gasteiger partial charge in [0, 0.05) is 29.7 Å². The molecule has 2 nitrogen and oxygen atoms in total. The molecule has 0 atom stereocenters. The van der Waals surface area contributed by atoms with E-state index < -0.39 is 0 Å². The van der Waals surface area contributed by atoms with Crippen molar-refractivity contribution in [3.63, 3.8) is 0 Å². The van der Waals surface area contributed by atoms with Gasteiger partial charge in [-0.15, -0.1) is 0 Å². The van der Waals surface area contributed by atoms with Gasteiger partial charge in [-0.05, 0) is 31.0 Å². The third-order valence-electron chi connectivity index (χ3n) is 3.36. The maximum atomic E-state index is 13.6. The van der Waals surface area contributed by atoms with Crippen molar-refractivity contribution in [2.75, 3.05) is 13.2 Å². The Hall–Kier alpha value is -0.640. The fourth-order valence-electron chi connectivity index (χ4n) is 2.15. The van der Waals surface area contributed by atoms with Crippen LogP contribution in [0.4, 0.5) is 4.39 Å². The highest BCUT2D eigenvalue weighted by Gasteiger charge is 2.25. The molecule has 0 saturated heterocycles. The zero-order valence-electron chi connectivity index (χ0n) is 9.70. The average molecular weight is 258 g/mol. The van der Waals surface area contributed by atoms with Gasteiger partial charge in [0.05, 0.1) is 6.61 Å². The standard InChI is InChI=1S/C13H17ClFNO/c14-11-4-5-13(15)10(8-11)9-16(6-7-17)12-2-1-3-12/h4-5,8,12,17H,1-3,6-7,9H2. The molecule has 1 N–H and O–H groups in total. The smallest absolute Gasteiger partial charge is 0.127 e. The van der Waals surface area contributed by atoms with Crippen molar-refractivity contribution >= 4 is 11.6 Å². The first-order valence-corrected chi connectivity index (χ1v) is 6.37. The molecule has 1 aromatic rings. The number of hydrogen-bond donors (Lipinski definition) is 1. The molecule has 0 aliphatic heterocycles. The van der Waals surface area contributed by atoms with E-state index in [1.54, 1.807) is 12.1 Å². The predicted molar refractivity (Wildman–Crippen MR) is 66.5 cm³/mol. The van der Waals surface area contributed by atoms with Crippen molar-refractivity contribution in [3.8, 4) is 0 Å². The van der Waals surface area contributed by atoms with Crippen LogP contribution in [0.5, 0.6) is 0 Å². The first kappa shape index (κ1) is 12.8. The minimum Gasteiger partial charge on any atom is -0.395 e. The van der Waals surface area contributed by atoms with Crippen LogP contribution in [0, 0.1) is 5.82 Å². The highest BCUT2D eigenvalue weighted by atomic mass is 35.5. The lowest BCUT2D eigenvalue weighted by Crippen LogP contribution is -2.41. The third-order valence-corrected chi connectivity index (χ3v) is 3.59. The molecule has 94 valence electrons. The lowest BCUT2D eigenvalue weighted by Gasteiger charge is -2.37. The van der Waals surface area contributed by atoms with Crippen LogP contribution in [0.2, 0.25) is 5.02 Å². The topological polar surface area (TPSA) is 23.5 Å². The minimum atomic E-state index is -0.225. The van der Waals surface area contributed by atoms with E-state index in [-0.39, 0.29) is 12.4 Å². The Balaban J connectivity index is 2.07. The van der Waals surface area contributed by atoms with Gasteiger partial charge in [0.25, 0.3) is 0 Å². The summed E-state index contributed by atoms with van der Waals surface area (Å²) in [6.07, 6.45) is 3.51. The summed E-state index contributed by atoms with van der Waals surface area (Å²) in [6, 6.07) is 5.11. The second-order valence-electron chi connectivity index (χ2n) is 4.51. The number of benzene rings is 1. The maximum absolute atomic E-state index is 13.6. The summed E-state index contributed by atoms with van der Waals surface area (Å²) < 4.78 is 13.6. The van der Waals surface area contributed by atoms with Gasteiger partial charge in [0.15, 0.2) is 0 Å². The SMILES string of the molecule is OCCN(Cc1cc(Cl)ccc1F)C1CCC1. The van der Waals surface area contributed by atoms with Crippen LogP contribution in [-0.4, -0.2) is 29.2 Å². The van der Waals surface area contributed by atoms with E-state index >= 15 is 0 Å². The summed E-state index contributed by atoms with van der Waals surface area (Å²) >= 11 is 5.87. The predicted octanol–water partition coefficient (Wildman–Crippen LogP) is 2.83. The van der Waals surface area contributed by atoms with Gasteiger partial charge in [0.1, 0.15) is 5.82 Å². The van der Waals surface area contributed by atoms with Gasteiger partial charge in [-0.2, -0.15) is 0 Å². The lowest BCUT2D eigenvalue weighted by atomic mass is 9.91. The second kappa shape index (κ2) is 5.80. The molecule has 0 radical (unpaired) electrons. The Labute approximate surface area is 106 Å². The fourth-order valence-corrected chi connectivity index (χ4v) is 2.35. The monoisotopic (exact) mass is 257 g/mol. The number of aliphatic hydroxyl groups excluding tert-OH is 1. The highest BCUT2D eigenvalue weighted by molar-refractivity contribution is 6.30. The maximum Gasteiger partial charge on any atom is 0.127 e. The second-order valence-corrected chi connectivity index (χ2v) is 4.95. The number of nitrogens with zero attached hydrogens (tertiary/aromatic N) is 1. The van der Waals surface area contributed by atoms with E-state index in [1.807, 2.05) is 0 Å². The van der Waals surface area contributed by atoms with Crippen molar-refractivity contribution in [1.82, 2.24) is 4.90 Å². The zero-order valence-corrected chi connectivity index (χ0v) is 10.5. The van der Waals surface area contributed by atoms with Crippen LogP contribution in [-0.2, 0) is 6.54 Å². The van der Waals surface area contributed by atoms with Crippen molar-refractivity contribution in [3.05, 3.63) is 34.6 Å². The fraction of sp³-hybridized carbons (Fsp3) is 0.538. The molecule has 1 saturated carbocycles. The van der Waals surface area contributed by atoms with Crippen LogP contribution in [0.15, 0.2) is 18.2 Å². The summed E-state index contributed by atoms with van der Waals surface area (Å²) in [7, 11) is 0. The summed E-state index contributed by atoms with van der Waals surface area (Å²) in [5.41, 5.74) is 0.609. The van der Waals surface area contributed by atoms with Gasteiger partial charge in [0.2, 0.25) is 0 Å². The van der Waals surface area contributed by atoms with Crippen LogP contribution < -0.4 is 0 Å². The van der Waals surface area contributed by atoms with Crippen molar-refractivity contribution in [2.24, 2.45) is 0 Å². The van der Waals surface area contributed by atoms with Gasteiger partial charge in [-0.3, -0.25) is 4.90 Å². The van der Waals surface area contributed by atoms with Crippen LogP contribution in [0.25, 0.3) is 0 Å². The Morgan fingerprint density at radius 1 is 1.41 bits per heavy atom. The van der Waals surface area contributed by atoms with E-state index in [0.29, 0.717) is 29.7 Å². The lowest BCUT2D eigenvalue weighted by molar-refractivity contribution is 0.0935. The van der Waals surface area contributed by atoms with Crippen molar-refractivity contribution in [2.45, 2.75) is 31.8 Å². The summed E-state index contributed by atoms with van der Waals surface area (Å²) in [5.74, 6) is -0.225. The van der Waals surface area contributed by atoms with Gasteiger partial charge < -0.3 is 5.11 Å². The molecule has 0 aromatic heterocycles. The largest absolute Gasteiger partial charge is 0.395 e. The average Bonchev–Trinajstić information content (AvgIpc) is 2.21. The summed E-state index contributed by atoms with van der Waals surface area (Å²) in [4.78, 5) is 2.14. The van der Waals surface area contributed by atoms with Gasteiger partial charge in [-0.1, -0.05) is 18.0 Å². The molecule has 0 amide bonds. The molecule has 0 unspecified atom stereocenters. The highest BCUT2D eigenvalue weighted by Crippen LogP contribution is 2.27. The van der Waals surface area contributed by atoms with E-state index in [9.17, 15) is 4.39 Å². The van der Waals surface area contributed by atoms with Gasteiger partial charge >= 0.3 is 0 Å². The quantitative estimate of drug-likeness (QED) is 0.877. The van der Waals surface area contributed by atoms with Crippen molar-refractivity contribution in [1.29, 1.82) is 0 Å². The van der Waals surface area contributed by atoms with Gasteiger partial charge in [-0.25, -0.2) is 4.39 Å². The normalized spacial score (nSPS) is 16.2.